The second-order valence-corrected chi connectivity index (χ2v) is 7.13. The van der Waals surface area contributed by atoms with Gasteiger partial charge in [-0.25, -0.2) is 4.98 Å². The molecule has 4 nitrogen and oxygen atoms in total. The summed E-state index contributed by atoms with van der Waals surface area (Å²) in [5, 5.41) is 12.9. The normalized spacial score (nSPS) is 17.0. The molecule has 3 aromatic rings. The molecule has 2 aromatic heterocycles. The molecule has 1 aliphatic heterocycles. The van der Waals surface area contributed by atoms with Gasteiger partial charge in [0.05, 0.1) is 18.1 Å². The zero-order valence-electron chi connectivity index (χ0n) is 12.9. The minimum Gasteiger partial charge on any atom is -0.384 e. The van der Waals surface area contributed by atoms with Gasteiger partial charge in [-0.2, -0.15) is 10.2 Å². The third kappa shape index (κ3) is 2.81. The van der Waals surface area contributed by atoms with E-state index in [9.17, 15) is 0 Å². The Kier molecular flexibility index (Phi) is 4.04. The van der Waals surface area contributed by atoms with Crippen LogP contribution in [0.1, 0.15) is 28.5 Å². The van der Waals surface area contributed by atoms with E-state index in [1.165, 1.54) is 10.4 Å². The van der Waals surface area contributed by atoms with Crippen LogP contribution in [-0.4, -0.2) is 21.7 Å². The van der Waals surface area contributed by atoms with E-state index in [1.54, 1.807) is 23.7 Å². The Hall–Kier alpha value is -2.24. The van der Waals surface area contributed by atoms with Gasteiger partial charge in [-0.1, -0.05) is 30.3 Å². The predicted octanol–water partition coefficient (Wildman–Crippen LogP) is 4.35. The van der Waals surface area contributed by atoms with Crippen LogP contribution in [0.4, 0.5) is 0 Å². The highest BCUT2D eigenvalue weighted by atomic mass is 35.5. The zero-order valence-corrected chi connectivity index (χ0v) is 14.4. The summed E-state index contributed by atoms with van der Waals surface area (Å²) in [5.41, 5.74) is 4.06. The lowest BCUT2D eigenvalue weighted by atomic mass is 9.94. The highest BCUT2D eigenvalue weighted by molar-refractivity contribution is 7.15. The standard InChI is InChI=1S/C18H15ClN4S/c1-11-16-17(24-18(23-16)13-6-9-21-22-10-13)15(7-8-20-11)12-2-4-14(19)5-3-12/h2-6,9-10,15,20H,1,7-8H2. The molecule has 1 atom stereocenters. The second kappa shape index (κ2) is 6.34. The Bertz CT molecular complexity index is 874. The molecule has 1 aliphatic rings. The zero-order chi connectivity index (χ0) is 16.5. The second-order valence-electron chi connectivity index (χ2n) is 5.66. The van der Waals surface area contributed by atoms with Gasteiger partial charge in [0.25, 0.3) is 0 Å². The summed E-state index contributed by atoms with van der Waals surface area (Å²) >= 11 is 7.74. The van der Waals surface area contributed by atoms with Crippen LogP contribution < -0.4 is 5.32 Å². The van der Waals surface area contributed by atoms with Crippen molar-refractivity contribution in [3.05, 3.63) is 70.5 Å². The number of benzene rings is 1. The molecular weight excluding hydrogens is 340 g/mol. The van der Waals surface area contributed by atoms with Crippen molar-refractivity contribution in [1.82, 2.24) is 20.5 Å². The summed E-state index contributed by atoms with van der Waals surface area (Å²) in [5.74, 6) is 0.282. The maximum Gasteiger partial charge on any atom is 0.126 e. The van der Waals surface area contributed by atoms with E-state index in [1.807, 2.05) is 18.2 Å². The van der Waals surface area contributed by atoms with Crippen molar-refractivity contribution in [2.24, 2.45) is 0 Å². The Morgan fingerprint density at radius 2 is 2.00 bits per heavy atom. The minimum absolute atomic E-state index is 0.282. The number of thiazole rings is 1. The predicted molar refractivity (Wildman–Crippen MR) is 98.1 cm³/mol. The summed E-state index contributed by atoms with van der Waals surface area (Å²) < 4.78 is 0. The molecule has 0 radical (unpaired) electrons. The molecule has 0 amide bonds. The van der Waals surface area contributed by atoms with E-state index >= 15 is 0 Å². The van der Waals surface area contributed by atoms with Gasteiger partial charge in [0, 0.05) is 27.9 Å². The van der Waals surface area contributed by atoms with E-state index in [0.717, 1.165) is 40.0 Å². The van der Waals surface area contributed by atoms with Crippen molar-refractivity contribution in [3.8, 4) is 10.6 Å². The number of hydrogen-bond donors (Lipinski definition) is 1. The third-order valence-corrected chi connectivity index (χ3v) is 5.60. The topological polar surface area (TPSA) is 50.7 Å². The van der Waals surface area contributed by atoms with Crippen molar-refractivity contribution in [2.75, 3.05) is 6.54 Å². The Balaban J connectivity index is 1.82. The fourth-order valence-corrected chi connectivity index (χ4v) is 4.29. The molecule has 0 saturated heterocycles. The van der Waals surface area contributed by atoms with Crippen LogP contribution >= 0.6 is 22.9 Å². The van der Waals surface area contributed by atoms with Crippen molar-refractivity contribution in [1.29, 1.82) is 0 Å². The molecule has 0 saturated carbocycles. The molecule has 1 aromatic carbocycles. The molecule has 24 heavy (non-hydrogen) atoms. The molecule has 0 spiro atoms. The summed E-state index contributed by atoms with van der Waals surface area (Å²) in [6.07, 6.45) is 4.42. The largest absolute Gasteiger partial charge is 0.384 e. The summed E-state index contributed by atoms with van der Waals surface area (Å²) in [7, 11) is 0. The van der Waals surface area contributed by atoms with Crippen LogP contribution in [0.3, 0.4) is 0 Å². The lowest BCUT2D eigenvalue weighted by Crippen LogP contribution is -2.11. The fourth-order valence-electron chi connectivity index (χ4n) is 2.92. The van der Waals surface area contributed by atoms with Gasteiger partial charge in [-0.15, -0.1) is 11.3 Å². The molecule has 1 unspecified atom stereocenters. The van der Waals surface area contributed by atoms with Gasteiger partial charge in [0.2, 0.25) is 0 Å². The van der Waals surface area contributed by atoms with Gasteiger partial charge >= 0.3 is 0 Å². The molecule has 120 valence electrons. The van der Waals surface area contributed by atoms with E-state index < -0.39 is 0 Å². The van der Waals surface area contributed by atoms with Crippen LogP contribution in [0.15, 0.2) is 49.3 Å². The average Bonchev–Trinajstić information content (AvgIpc) is 2.99. The summed E-state index contributed by atoms with van der Waals surface area (Å²) in [6.45, 7) is 5.03. The average molecular weight is 355 g/mol. The molecular formula is C18H15ClN4S. The van der Waals surface area contributed by atoms with Crippen LogP contribution in [0.25, 0.3) is 16.3 Å². The molecule has 1 N–H and O–H groups in total. The number of rotatable bonds is 2. The van der Waals surface area contributed by atoms with E-state index in [4.69, 9.17) is 16.6 Å². The smallest absolute Gasteiger partial charge is 0.126 e. The first kappa shape index (κ1) is 15.3. The molecule has 4 rings (SSSR count). The van der Waals surface area contributed by atoms with Crippen molar-refractivity contribution < 1.29 is 0 Å². The summed E-state index contributed by atoms with van der Waals surface area (Å²) in [4.78, 5) is 6.05. The maximum absolute atomic E-state index is 6.04. The SMILES string of the molecule is C=C1NCCC(c2ccc(Cl)cc2)c2sc(-c3ccnnc3)nc21. The van der Waals surface area contributed by atoms with Gasteiger partial charge in [-0.3, -0.25) is 0 Å². The van der Waals surface area contributed by atoms with Gasteiger partial charge in [0.1, 0.15) is 10.7 Å². The monoisotopic (exact) mass is 354 g/mol. The molecule has 3 heterocycles. The molecule has 0 aliphatic carbocycles. The van der Waals surface area contributed by atoms with E-state index in [2.05, 4.69) is 34.2 Å². The Labute approximate surface area is 149 Å². The third-order valence-electron chi connectivity index (χ3n) is 4.13. The lowest BCUT2D eigenvalue weighted by Gasteiger charge is -2.14. The van der Waals surface area contributed by atoms with E-state index in [-0.39, 0.29) is 5.92 Å². The molecule has 0 bridgehead atoms. The highest BCUT2D eigenvalue weighted by Crippen LogP contribution is 2.41. The summed E-state index contributed by atoms with van der Waals surface area (Å²) in [6, 6.07) is 10.0. The first-order chi connectivity index (χ1) is 11.7. The number of halogens is 1. The number of fused-ring (bicyclic) bond motifs is 1. The van der Waals surface area contributed by atoms with Crippen LogP contribution in [0.5, 0.6) is 0 Å². The number of nitrogens with one attached hydrogen (secondary N) is 1. The maximum atomic E-state index is 6.04. The number of hydrogen-bond acceptors (Lipinski definition) is 5. The van der Waals surface area contributed by atoms with Crippen molar-refractivity contribution >= 4 is 28.6 Å². The van der Waals surface area contributed by atoms with Crippen LogP contribution in [-0.2, 0) is 0 Å². The van der Waals surface area contributed by atoms with Crippen LogP contribution in [0, 0.1) is 0 Å². The van der Waals surface area contributed by atoms with Gasteiger partial charge < -0.3 is 5.32 Å². The van der Waals surface area contributed by atoms with Crippen molar-refractivity contribution in [2.45, 2.75) is 12.3 Å². The van der Waals surface area contributed by atoms with Crippen LogP contribution in [0.2, 0.25) is 5.02 Å². The number of aromatic nitrogens is 3. The first-order valence-electron chi connectivity index (χ1n) is 7.69. The highest BCUT2D eigenvalue weighted by Gasteiger charge is 2.26. The van der Waals surface area contributed by atoms with Gasteiger partial charge in [0.15, 0.2) is 0 Å². The quantitative estimate of drug-likeness (QED) is 0.743. The fraction of sp³-hybridized carbons (Fsp3) is 0.167. The minimum atomic E-state index is 0.282. The van der Waals surface area contributed by atoms with Gasteiger partial charge in [-0.05, 0) is 30.2 Å². The first-order valence-corrected chi connectivity index (χ1v) is 8.88. The Morgan fingerprint density at radius 1 is 1.17 bits per heavy atom. The lowest BCUT2D eigenvalue weighted by molar-refractivity contribution is 0.710. The van der Waals surface area contributed by atoms with Crippen molar-refractivity contribution in [3.63, 3.8) is 0 Å². The van der Waals surface area contributed by atoms with E-state index in [0.29, 0.717) is 0 Å². The number of nitrogens with zero attached hydrogens (tertiary/aromatic N) is 3. The Morgan fingerprint density at radius 3 is 2.75 bits per heavy atom. The molecule has 6 heteroatoms. The molecule has 0 fully saturated rings.